The van der Waals surface area contributed by atoms with Crippen molar-refractivity contribution in [3.8, 4) is 28.6 Å². The fourth-order valence-electron chi connectivity index (χ4n) is 5.42. The van der Waals surface area contributed by atoms with Gasteiger partial charge in [-0.05, 0) is 61.7 Å². The van der Waals surface area contributed by atoms with Crippen LogP contribution >= 0.6 is 0 Å². The predicted octanol–water partition coefficient (Wildman–Crippen LogP) is 3.79. The number of piperidine rings is 1. The van der Waals surface area contributed by atoms with Crippen molar-refractivity contribution in [1.29, 1.82) is 0 Å². The van der Waals surface area contributed by atoms with Gasteiger partial charge in [0.25, 0.3) is 0 Å². The fourth-order valence-corrected chi connectivity index (χ4v) is 5.42. The number of fused-ring (bicyclic) bond motifs is 1. The molecule has 0 atom stereocenters. The van der Waals surface area contributed by atoms with Crippen molar-refractivity contribution in [2.75, 3.05) is 26.7 Å². The molecule has 4 N–H and O–H groups in total. The van der Waals surface area contributed by atoms with E-state index in [1.165, 1.54) is 15.5 Å². The molecule has 2 aromatic heterocycles. The summed E-state index contributed by atoms with van der Waals surface area (Å²) in [6.07, 6.45) is 2.83. The van der Waals surface area contributed by atoms with Crippen molar-refractivity contribution >= 4 is 17.0 Å². The summed E-state index contributed by atoms with van der Waals surface area (Å²) >= 11 is 0. The minimum atomic E-state index is -0.848. The van der Waals surface area contributed by atoms with Gasteiger partial charge in [0.05, 0.1) is 11.3 Å². The molecule has 2 aromatic carbocycles. The highest BCUT2D eigenvalue weighted by Gasteiger charge is 2.25. The summed E-state index contributed by atoms with van der Waals surface area (Å²) < 4.78 is 3.59. The number of nitrogens with zero attached hydrogens (tertiary/aromatic N) is 5. The molecular weight excluding hydrogens is 500 g/mol. The van der Waals surface area contributed by atoms with Crippen LogP contribution in [0, 0.1) is 0 Å². The van der Waals surface area contributed by atoms with Gasteiger partial charge in [0.15, 0.2) is 5.82 Å². The summed E-state index contributed by atoms with van der Waals surface area (Å²) in [5.74, 6) is 0.0990. The molecule has 206 valence electrons. The Morgan fingerprint density at radius 2 is 1.87 bits per heavy atom. The molecule has 1 saturated heterocycles. The van der Waals surface area contributed by atoms with Crippen molar-refractivity contribution in [1.82, 2.24) is 29.1 Å². The molecule has 4 aromatic rings. The van der Waals surface area contributed by atoms with Crippen LogP contribution in [0.25, 0.3) is 28.0 Å². The van der Waals surface area contributed by atoms with Crippen LogP contribution in [0.5, 0.6) is 11.5 Å². The summed E-state index contributed by atoms with van der Waals surface area (Å²) in [4.78, 5) is 27.8. The quantitative estimate of drug-likeness (QED) is 0.283. The maximum atomic E-state index is 12.8. The molecule has 1 aliphatic heterocycles. The lowest BCUT2D eigenvalue weighted by Crippen LogP contribution is -2.45. The number of aromatic amines is 1. The van der Waals surface area contributed by atoms with E-state index in [1.54, 1.807) is 6.07 Å². The molecule has 11 nitrogen and oxygen atoms in total. The third kappa shape index (κ3) is 5.09. The number of benzene rings is 2. The van der Waals surface area contributed by atoms with Crippen LogP contribution in [-0.4, -0.2) is 83.3 Å². The first-order valence-electron chi connectivity index (χ1n) is 13.1. The van der Waals surface area contributed by atoms with E-state index >= 15 is 0 Å². The molecule has 0 saturated carbocycles. The van der Waals surface area contributed by atoms with Gasteiger partial charge in [0, 0.05) is 55.4 Å². The lowest BCUT2D eigenvalue weighted by atomic mass is 9.98. The second-order valence-corrected chi connectivity index (χ2v) is 10.5. The third-order valence-electron chi connectivity index (χ3n) is 7.74. The van der Waals surface area contributed by atoms with Crippen LogP contribution in [0.15, 0.2) is 47.4 Å². The van der Waals surface area contributed by atoms with Gasteiger partial charge in [-0.3, -0.25) is 0 Å². The average molecular weight is 535 g/mol. The molecule has 1 aliphatic rings. The Labute approximate surface area is 225 Å². The van der Waals surface area contributed by atoms with Gasteiger partial charge in [-0.15, -0.1) is 0 Å². The smallest absolute Gasteiger partial charge is 0.407 e. The van der Waals surface area contributed by atoms with Crippen molar-refractivity contribution in [3.05, 3.63) is 58.6 Å². The van der Waals surface area contributed by atoms with Crippen molar-refractivity contribution < 1.29 is 20.1 Å². The first kappa shape index (κ1) is 26.4. The maximum absolute atomic E-state index is 12.8. The Balaban J connectivity index is 1.37. The number of phenols is 2. The Kier molecular flexibility index (Phi) is 7.09. The van der Waals surface area contributed by atoms with E-state index in [0.29, 0.717) is 35.9 Å². The maximum Gasteiger partial charge on any atom is 0.407 e. The van der Waals surface area contributed by atoms with E-state index in [9.17, 15) is 24.9 Å². The van der Waals surface area contributed by atoms with Crippen molar-refractivity contribution in [2.45, 2.75) is 45.2 Å². The SMILES string of the molecule is CC(C)c1cc(-c2n[nH]c(=O)n2-c2ccc3c(ccn3CCN(C)C3CCN(C(=O)O)CC3)c2)c(O)cc1O. The van der Waals surface area contributed by atoms with Crippen molar-refractivity contribution in [2.24, 2.45) is 0 Å². The number of H-pyrrole nitrogens is 1. The summed E-state index contributed by atoms with van der Waals surface area (Å²) in [6.45, 7) is 6.60. The summed E-state index contributed by atoms with van der Waals surface area (Å²) in [6, 6.07) is 11.0. The molecule has 3 heterocycles. The number of likely N-dealkylation sites (tertiary alicyclic amines) is 1. The zero-order valence-electron chi connectivity index (χ0n) is 22.3. The molecule has 5 rings (SSSR count). The van der Waals surface area contributed by atoms with Gasteiger partial charge >= 0.3 is 11.8 Å². The van der Waals surface area contributed by atoms with E-state index in [4.69, 9.17) is 0 Å². The number of aromatic hydroxyl groups is 2. The predicted molar refractivity (Wildman–Crippen MR) is 148 cm³/mol. The summed E-state index contributed by atoms with van der Waals surface area (Å²) in [5.41, 5.74) is 2.20. The van der Waals surface area contributed by atoms with Crippen LogP contribution in [0.2, 0.25) is 0 Å². The number of phenolic OH excluding ortho intramolecular Hbond substituents is 2. The second kappa shape index (κ2) is 10.5. The molecule has 11 heteroatoms. The molecule has 0 radical (unpaired) electrons. The summed E-state index contributed by atoms with van der Waals surface area (Å²) in [7, 11) is 2.08. The highest BCUT2D eigenvalue weighted by Crippen LogP contribution is 2.37. The number of hydrogen-bond acceptors (Lipinski definition) is 6. The normalized spacial score (nSPS) is 14.6. The number of aromatic nitrogens is 4. The highest BCUT2D eigenvalue weighted by atomic mass is 16.4. The van der Waals surface area contributed by atoms with Gasteiger partial charge < -0.3 is 29.7 Å². The third-order valence-corrected chi connectivity index (χ3v) is 7.74. The monoisotopic (exact) mass is 534 g/mol. The first-order valence-corrected chi connectivity index (χ1v) is 13.1. The average Bonchev–Trinajstić information content (AvgIpc) is 3.49. The lowest BCUT2D eigenvalue weighted by molar-refractivity contribution is 0.104. The van der Waals surface area contributed by atoms with Crippen molar-refractivity contribution in [3.63, 3.8) is 0 Å². The molecule has 0 aliphatic carbocycles. The first-order chi connectivity index (χ1) is 18.6. The highest BCUT2D eigenvalue weighted by molar-refractivity contribution is 5.83. The van der Waals surface area contributed by atoms with E-state index in [-0.39, 0.29) is 23.2 Å². The van der Waals surface area contributed by atoms with Crippen LogP contribution in [0.1, 0.15) is 38.2 Å². The van der Waals surface area contributed by atoms with Gasteiger partial charge in [-0.1, -0.05) is 13.8 Å². The molecular formula is C28H34N6O5. The largest absolute Gasteiger partial charge is 0.508 e. The number of amides is 1. The topological polar surface area (TPSA) is 140 Å². The van der Waals surface area contributed by atoms with E-state index in [1.807, 2.05) is 44.3 Å². The number of carbonyl (C=O) groups is 1. The lowest BCUT2D eigenvalue weighted by Gasteiger charge is -2.35. The van der Waals surface area contributed by atoms with E-state index in [2.05, 4.69) is 26.7 Å². The van der Waals surface area contributed by atoms with Gasteiger partial charge in [0.2, 0.25) is 0 Å². The molecule has 39 heavy (non-hydrogen) atoms. The van der Waals surface area contributed by atoms with E-state index in [0.717, 1.165) is 36.8 Å². The Hall–Kier alpha value is -4.25. The summed E-state index contributed by atoms with van der Waals surface area (Å²) in [5, 5.41) is 37.6. The number of likely N-dealkylation sites (N-methyl/N-ethyl adjacent to an activating group) is 1. The van der Waals surface area contributed by atoms with Gasteiger partial charge in [-0.25, -0.2) is 19.3 Å². The van der Waals surface area contributed by atoms with E-state index < -0.39 is 11.8 Å². The minimum absolute atomic E-state index is 0.00481. The fraction of sp³-hybridized carbons (Fsp3) is 0.393. The molecule has 1 amide bonds. The Morgan fingerprint density at radius 3 is 2.56 bits per heavy atom. The van der Waals surface area contributed by atoms with Crippen LogP contribution < -0.4 is 5.69 Å². The van der Waals surface area contributed by atoms with Crippen LogP contribution in [-0.2, 0) is 6.54 Å². The van der Waals surface area contributed by atoms with Gasteiger partial charge in [0.1, 0.15) is 11.5 Å². The number of nitrogens with one attached hydrogen (secondary N) is 1. The standard InChI is InChI=1S/C28H34N6O5/c1-17(2)21-15-22(25(36)16-24(21)35)26-29-30-27(37)34(26)20-4-5-23-18(14-20)6-9-32(23)13-12-31(3)19-7-10-33(11-8-19)28(38)39/h4-6,9,14-17,19,35-36H,7-8,10-13H2,1-3H3,(H,30,37)(H,38,39). The number of rotatable bonds is 7. The number of carboxylic acid groups (broad SMARTS) is 1. The van der Waals surface area contributed by atoms with Crippen LogP contribution in [0.3, 0.4) is 0 Å². The number of hydrogen-bond donors (Lipinski definition) is 4. The van der Waals surface area contributed by atoms with Crippen LogP contribution in [0.4, 0.5) is 4.79 Å². The molecule has 0 unspecified atom stereocenters. The minimum Gasteiger partial charge on any atom is -0.508 e. The Morgan fingerprint density at radius 1 is 1.13 bits per heavy atom. The zero-order chi connectivity index (χ0) is 27.8. The Bertz CT molecular complexity index is 1560. The molecule has 1 fully saturated rings. The van der Waals surface area contributed by atoms with Gasteiger partial charge in [-0.2, -0.15) is 5.10 Å². The molecule has 0 spiro atoms. The molecule has 0 bridgehead atoms. The second-order valence-electron chi connectivity index (χ2n) is 10.5. The zero-order valence-corrected chi connectivity index (χ0v) is 22.3.